The molecule has 2 atom stereocenters. The van der Waals surface area contributed by atoms with Crippen LogP contribution in [0.5, 0.6) is 0 Å². The number of rotatable bonds is 3. The molecule has 3 heterocycles. The summed E-state index contributed by atoms with van der Waals surface area (Å²) in [5.41, 5.74) is 0. The van der Waals surface area contributed by atoms with Gasteiger partial charge in [-0.25, -0.2) is 0 Å². The Balaban J connectivity index is 1.66. The Morgan fingerprint density at radius 2 is 2.43 bits per heavy atom. The highest BCUT2D eigenvalue weighted by Crippen LogP contribution is 2.28. The molecule has 1 aromatic rings. The number of carbonyl (C=O) groups is 1. The summed E-state index contributed by atoms with van der Waals surface area (Å²) in [6.45, 7) is 4.69. The summed E-state index contributed by atoms with van der Waals surface area (Å²) in [4.78, 5) is 14.6. The average Bonchev–Trinajstić information content (AvgIpc) is 3.04. The molecule has 8 heteroatoms. The van der Waals surface area contributed by atoms with E-state index in [0.29, 0.717) is 19.7 Å². The second-order valence-electron chi connectivity index (χ2n) is 5.05. The Morgan fingerprint density at radius 3 is 3.19 bits per heavy atom. The smallest absolute Gasteiger partial charge is 0.236 e. The number of morpholine rings is 1. The first kappa shape index (κ1) is 15.2. The first-order valence-electron chi connectivity index (χ1n) is 7.27. The van der Waals surface area contributed by atoms with Gasteiger partial charge in [-0.15, -0.1) is 22.0 Å². The minimum atomic E-state index is -0.161. The summed E-state index contributed by atoms with van der Waals surface area (Å²) in [6, 6.07) is 0. The van der Waals surface area contributed by atoms with Gasteiger partial charge in [-0.2, -0.15) is 11.8 Å². The summed E-state index contributed by atoms with van der Waals surface area (Å²) in [7, 11) is 0. The van der Waals surface area contributed by atoms with E-state index >= 15 is 0 Å². The monoisotopic (exact) mass is 328 g/mol. The van der Waals surface area contributed by atoms with Crippen molar-refractivity contribution in [2.75, 3.05) is 37.0 Å². The van der Waals surface area contributed by atoms with Crippen molar-refractivity contribution in [2.45, 2.75) is 24.8 Å². The molecule has 0 aromatic carbocycles. The molecular formula is C13H20N4O2S2. The summed E-state index contributed by atoms with van der Waals surface area (Å²) in [5.74, 6) is 4.22. The van der Waals surface area contributed by atoms with Crippen LogP contribution in [0.4, 0.5) is 0 Å². The van der Waals surface area contributed by atoms with Gasteiger partial charge < -0.3 is 14.2 Å². The van der Waals surface area contributed by atoms with E-state index in [-0.39, 0.29) is 17.3 Å². The molecule has 2 aliphatic heterocycles. The van der Waals surface area contributed by atoms with Crippen molar-refractivity contribution in [1.82, 2.24) is 19.7 Å². The lowest BCUT2D eigenvalue weighted by Crippen LogP contribution is -2.47. The molecule has 0 unspecified atom stereocenters. The Labute approximate surface area is 133 Å². The van der Waals surface area contributed by atoms with Gasteiger partial charge in [-0.3, -0.25) is 4.79 Å². The first-order chi connectivity index (χ1) is 10.3. The van der Waals surface area contributed by atoms with Gasteiger partial charge in [0.1, 0.15) is 12.4 Å². The molecule has 0 N–H and O–H groups in total. The Kier molecular flexibility index (Phi) is 5.07. The van der Waals surface area contributed by atoms with Gasteiger partial charge in [0.2, 0.25) is 5.91 Å². The van der Waals surface area contributed by atoms with Crippen molar-refractivity contribution in [1.29, 1.82) is 0 Å². The molecule has 0 radical (unpaired) electrons. The van der Waals surface area contributed by atoms with Gasteiger partial charge >= 0.3 is 0 Å². The molecule has 2 fully saturated rings. The van der Waals surface area contributed by atoms with Gasteiger partial charge in [0.25, 0.3) is 0 Å². The molecule has 0 aliphatic carbocycles. The topological polar surface area (TPSA) is 60.2 Å². The number of carbonyl (C=O) groups excluding carboxylic acids is 1. The van der Waals surface area contributed by atoms with Crippen LogP contribution in [0.3, 0.4) is 0 Å². The van der Waals surface area contributed by atoms with E-state index in [1.165, 1.54) is 0 Å². The van der Waals surface area contributed by atoms with Crippen molar-refractivity contribution in [2.24, 2.45) is 0 Å². The molecule has 0 spiro atoms. The second kappa shape index (κ2) is 7.02. The van der Waals surface area contributed by atoms with Crippen LogP contribution < -0.4 is 0 Å². The average molecular weight is 328 g/mol. The van der Waals surface area contributed by atoms with Crippen molar-refractivity contribution >= 4 is 29.4 Å². The number of ether oxygens (including phenoxy) is 1. The molecule has 2 saturated heterocycles. The number of hydrogen-bond acceptors (Lipinski definition) is 6. The van der Waals surface area contributed by atoms with Gasteiger partial charge in [-0.05, 0) is 6.92 Å². The second-order valence-corrected chi connectivity index (χ2v) is 7.51. The minimum absolute atomic E-state index is 0.103. The van der Waals surface area contributed by atoms with E-state index in [1.807, 2.05) is 21.2 Å². The predicted molar refractivity (Wildman–Crippen MR) is 84.5 cm³/mol. The summed E-state index contributed by atoms with van der Waals surface area (Å²) >= 11 is 3.66. The quantitative estimate of drug-likeness (QED) is 0.826. The zero-order valence-electron chi connectivity index (χ0n) is 12.1. The van der Waals surface area contributed by atoms with E-state index in [9.17, 15) is 4.79 Å². The Morgan fingerprint density at radius 1 is 1.52 bits per heavy atom. The summed E-state index contributed by atoms with van der Waals surface area (Å²) < 4.78 is 7.78. The molecule has 116 valence electrons. The summed E-state index contributed by atoms with van der Waals surface area (Å²) in [5, 5.41) is 8.21. The zero-order valence-corrected chi connectivity index (χ0v) is 13.7. The SMILES string of the molecule is CCn1cnnc1[C@@H]1CN(C(=O)[C@H]2CSCCS2)CCO1. The molecular weight excluding hydrogens is 308 g/mol. The lowest BCUT2D eigenvalue weighted by Gasteiger charge is -2.35. The number of hydrogen-bond donors (Lipinski definition) is 0. The maximum absolute atomic E-state index is 12.6. The fourth-order valence-corrected chi connectivity index (χ4v) is 5.23. The van der Waals surface area contributed by atoms with Crippen LogP contribution in [0.1, 0.15) is 18.9 Å². The summed E-state index contributed by atoms with van der Waals surface area (Å²) in [6.07, 6.45) is 1.55. The fraction of sp³-hybridized carbons (Fsp3) is 0.769. The van der Waals surface area contributed by atoms with Crippen molar-refractivity contribution in [3.8, 4) is 0 Å². The highest BCUT2D eigenvalue weighted by atomic mass is 32.2. The van der Waals surface area contributed by atoms with Gasteiger partial charge in [0.05, 0.1) is 18.4 Å². The van der Waals surface area contributed by atoms with Gasteiger partial charge in [0, 0.05) is 30.3 Å². The van der Waals surface area contributed by atoms with Crippen LogP contribution in [0.25, 0.3) is 0 Å². The fourth-order valence-electron chi connectivity index (χ4n) is 2.60. The molecule has 0 saturated carbocycles. The number of amides is 1. The molecule has 0 bridgehead atoms. The van der Waals surface area contributed by atoms with E-state index in [4.69, 9.17) is 4.74 Å². The largest absolute Gasteiger partial charge is 0.366 e. The molecule has 1 amide bonds. The zero-order chi connectivity index (χ0) is 14.7. The van der Waals surface area contributed by atoms with Crippen LogP contribution >= 0.6 is 23.5 Å². The third-order valence-corrected chi connectivity index (χ3v) is 6.49. The molecule has 2 aliphatic rings. The Bertz CT molecular complexity index is 490. The highest BCUT2D eigenvalue weighted by molar-refractivity contribution is 8.07. The van der Waals surface area contributed by atoms with E-state index < -0.39 is 0 Å². The lowest BCUT2D eigenvalue weighted by atomic mass is 10.2. The van der Waals surface area contributed by atoms with Crippen LogP contribution in [0.2, 0.25) is 0 Å². The highest BCUT2D eigenvalue weighted by Gasteiger charge is 2.32. The maximum atomic E-state index is 12.6. The minimum Gasteiger partial charge on any atom is -0.366 e. The van der Waals surface area contributed by atoms with E-state index in [2.05, 4.69) is 17.1 Å². The number of thioether (sulfide) groups is 2. The van der Waals surface area contributed by atoms with Crippen molar-refractivity contribution < 1.29 is 9.53 Å². The van der Waals surface area contributed by atoms with Crippen LogP contribution in [0, 0.1) is 0 Å². The molecule has 6 nitrogen and oxygen atoms in total. The van der Waals surface area contributed by atoms with Crippen LogP contribution in [-0.4, -0.2) is 67.8 Å². The van der Waals surface area contributed by atoms with Gasteiger partial charge in [-0.1, -0.05) is 0 Å². The first-order valence-corrected chi connectivity index (χ1v) is 9.47. The molecule has 1 aromatic heterocycles. The third-order valence-electron chi connectivity index (χ3n) is 3.74. The van der Waals surface area contributed by atoms with Crippen LogP contribution in [0.15, 0.2) is 6.33 Å². The standard InChI is InChI=1S/C13H20N4O2S2/c1-2-16-9-14-15-12(16)10-7-17(3-4-19-10)13(18)11-8-20-5-6-21-11/h9-11H,2-8H2,1H3/t10-,11+/m0/s1. The van der Waals surface area contributed by atoms with Crippen LogP contribution in [-0.2, 0) is 16.1 Å². The van der Waals surface area contributed by atoms with E-state index in [0.717, 1.165) is 29.6 Å². The normalized spacial score (nSPS) is 26.8. The number of aryl methyl sites for hydroxylation is 1. The van der Waals surface area contributed by atoms with Crippen molar-refractivity contribution in [3.63, 3.8) is 0 Å². The maximum Gasteiger partial charge on any atom is 0.236 e. The van der Waals surface area contributed by atoms with Crippen molar-refractivity contribution in [3.05, 3.63) is 12.2 Å². The number of aromatic nitrogens is 3. The number of nitrogens with zero attached hydrogens (tertiary/aromatic N) is 4. The third kappa shape index (κ3) is 3.37. The predicted octanol–water partition coefficient (Wildman–Crippen LogP) is 1.05. The lowest BCUT2D eigenvalue weighted by molar-refractivity contribution is -0.138. The molecule has 3 rings (SSSR count). The van der Waals surface area contributed by atoms with Gasteiger partial charge in [0.15, 0.2) is 5.82 Å². The van der Waals surface area contributed by atoms with E-state index in [1.54, 1.807) is 18.1 Å². The molecule has 21 heavy (non-hydrogen) atoms. The Hall–Kier alpha value is -0.730.